The van der Waals surface area contributed by atoms with Crippen LogP contribution in [0.5, 0.6) is 0 Å². The maximum atomic E-state index is 13.3. The van der Waals surface area contributed by atoms with E-state index in [0.717, 1.165) is 27.0 Å². The molecule has 1 amide bonds. The highest BCUT2D eigenvalue weighted by Crippen LogP contribution is 2.43. The van der Waals surface area contributed by atoms with E-state index in [1.165, 1.54) is 0 Å². The van der Waals surface area contributed by atoms with E-state index in [1.807, 2.05) is 36.1 Å². The summed E-state index contributed by atoms with van der Waals surface area (Å²) in [5.41, 5.74) is 2.28. The van der Waals surface area contributed by atoms with E-state index in [1.54, 1.807) is 23.5 Å². The Morgan fingerprint density at radius 2 is 1.62 bits per heavy atom. The second-order valence-electron chi connectivity index (χ2n) is 7.38. The number of aryl methyl sites for hydroxylation is 1. The first kappa shape index (κ1) is 17.6. The second-order valence-corrected chi connectivity index (χ2v) is 9.85. The van der Waals surface area contributed by atoms with Crippen molar-refractivity contribution in [3.05, 3.63) is 39.6 Å². The van der Waals surface area contributed by atoms with Crippen molar-refractivity contribution in [2.75, 3.05) is 16.4 Å². The molecule has 0 radical (unpaired) electrons. The standard InChI is InChI=1S/C19H23NO2S2/c1-12-5-7-13(8-6-12)20-15(19(2,3)4)11-14(21)16(17(20)22)18-23-9-10-24-18/h5-8,15H,9-11H2,1-4H3. The minimum Gasteiger partial charge on any atom is -0.304 e. The van der Waals surface area contributed by atoms with E-state index in [9.17, 15) is 9.59 Å². The molecule has 2 aliphatic rings. The summed E-state index contributed by atoms with van der Waals surface area (Å²) in [5.74, 6) is 1.81. The van der Waals surface area contributed by atoms with Crippen molar-refractivity contribution in [3.8, 4) is 0 Å². The first-order chi connectivity index (χ1) is 11.3. The number of amides is 1. The van der Waals surface area contributed by atoms with Crippen molar-refractivity contribution in [1.29, 1.82) is 0 Å². The quantitative estimate of drug-likeness (QED) is 0.548. The zero-order valence-corrected chi connectivity index (χ0v) is 16.2. The van der Waals surface area contributed by atoms with Crippen LogP contribution in [0.4, 0.5) is 5.69 Å². The molecule has 128 valence electrons. The summed E-state index contributed by atoms with van der Waals surface area (Å²) < 4.78 is 0.912. The van der Waals surface area contributed by atoms with Crippen LogP contribution in [0.2, 0.25) is 0 Å². The molecule has 0 N–H and O–H groups in total. The summed E-state index contributed by atoms with van der Waals surface area (Å²) in [6.07, 6.45) is 0.392. The number of thioether (sulfide) groups is 2. The number of hydrogen-bond donors (Lipinski definition) is 0. The van der Waals surface area contributed by atoms with Crippen molar-refractivity contribution in [1.82, 2.24) is 0 Å². The Bertz CT molecular complexity index is 693. The molecule has 3 rings (SSSR count). The van der Waals surface area contributed by atoms with E-state index in [2.05, 4.69) is 20.8 Å². The van der Waals surface area contributed by atoms with Crippen LogP contribution < -0.4 is 4.90 Å². The fourth-order valence-electron chi connectivity index (χ4n) is 3.10. The zero-order valence-electron chi connectivity index (χ0n) is 14.6. The lowest BCUT2D eigenvalue weighted by atomic mass is 9.79. The number of carbonyl (C=O) groups excluding carboxylic acids is 2. The van der Waals surface area contributed by atoms with Gasteiger partial charge >= 0.3 is 0 Å². The number of anilines is 1. The lowest BCUT2D eigenvalue weighted by Gasteiger charge is -2.43. The number of rotatable bonds is 1. The Balaban J connectivity index is 2.08. The molecule has 1 unspecified atom stereocenters. The van der Waals surface area contributed by atoms with Gasteiger partial charge in [-0.05, 0) is 24.5 Å². The maximum Gasteiger partial charge on any atom is 0.263 e. The molecule has 0 spiro atoms. The van der Waals surface area contributed by atoms with Crippen molar-refractivity contribution in [2.45, 2.75) is 40.2 Å². The molecule has 0 aliphatic carbocycles. The molecule has 2 aliphatic heterocycles. The molecular weight excluding hydrogens is 338 g/mol. The molecule has 3 nitrogen and oxygen atoms in total. The summed E-state index contributed by atoms with van der Waals surface area (Å²) in [4.78, 5) is 27.9. The zero-order chi connectivity index (χ0) is 17.5. The summed E-state index contributed by atoms with van der Waals surface area (Å²) >= 11 is 3.28. The first-order valence-electron chi connectivity index (χ1n) is 8.22. The SMILES string of the molecule is Cc1ccc(N2C(=O)C(=C3SCCS3)C(=O)CC2C(C)(C)C)cc1. The molecule has 5 heteroatoms. The highest BCUT2D eigenvalue weighted by Gasteiger charge is 2.44. The van der Waals surface area contributed by atoms with Gasteiger partial charge in [0.1, 0.15) is 5.57 Å². The second kappa shape index (κ2) is 6.60. The average Bonchev–Trinajstić information content (AvgIpc) is 3.01. The Kier molecular flexibility index (Phi) is 4.85. The van der Waals surface area contributed by atoms with Gasteiger partial charge in [0.25, 0.3) is 5.91 Å². The van der Waals surface area contributed by atoms with Crippen LogP contribution in [-0.2, 0) is 9.59 Å². The van der Waals surface area contributed by atoms with Gasteiger partial charge in [-0.25, -0.2) is 0 Å². The Labute approximate surface area is 152 Å². The molecule has 0 bridgehead atoms. The highest BCUT2D eigenvalue weighted by molar-refractivity contribution is 8.25. The molecule has 1 atom stereocenters. The highest BCUT2D eigenvalue weighted by atomic mass is 32.2. The van der Waals surface area contributed by atoms with Gasteiger partial charge < -0.3 is 4.90 Å². The van der Waals surface area contributed by atoms with Gasteiger partial charge in [0, 0.05) is 29.7 Å². The molecule has 2 heterocycles. The Morgan fingerprint density at radius 1 is 1.04 bits per heavy atom. The van der Waals surface area contributed by atoms with Gasteiger partial charge in [0.05, 0.1) is 4.24 Å². The summed E-state index contributed by atoms with van der Waals surface area (Å²) in [5, 5.41) is 0. The minimum atomic E-state index is -0.164. The fourth-order valence-corrected chi connectivity index (χ4v) is 5.66. The van der Waals surface area contributed by atoms with Crippen molar-refractivity contribution < 1.29 is 9.59 Å². The average molecular weight is 362 g/mol. The monoisotopic (exact) mass is 361 g/mol. The third-order valence-corrected chi connectivity index (χ3v) is 7.18. The molecule has 24 heavy (non-hydrogen) atoms. The van der Waals surface area contributed by atoms with E-state index in [-0.39, 0.29) is 23.1 Å². The maximum absolute atomic E-state index is 13.3. The van der Waals surface area contributed by atoms with E-state index in [0.29, 0.717) is 12.0 Å². The molecule has 2 saturated heterocycles. The Morgan fingerprint density at radius 3 is 2.17 bits per heavy atom. The molecule has 1 aromatic carbocycles. The Hall–Kier alpha value is -1.20. The van der Waals surface area contributed by atoms with Gasteiger partial charge in [-0.1, -0.05) is 38.5 Å². The minimum absolute atomic E-state index is 0.000173. The van der Waals surface area contributed by atoms with Crippen LogP contribution in [0.15, 0.2) is 34.1 Å². The topological polar surface area (TPSA) is 37.4 Å². The van der Waals surface area contributed by atoms with Crippen LogP contribution >= 0.6 is 23.5 Å². The predicted octanol–water partition coefficient (Wildman–Crippen LogP) is 4.41. The van der Waals surface area contributed by atoms with Gasteiger partial charge in [-0.3, -0.25) is 9.59 Å². The first-order valence-corrected chi connectivity index (χ1v) is 10.2. The molecular formula is C19H23NO2S2. The molecule has 2 fully saturated rings. The van der Waals surface area contributed by atoms with E-state index >= 15 is 0 Å². The van der Waals surface area contributed by atoms with Crippen molar-refractivity contribution >= 4 is 40.9 Å². The third-order valence-electron chi connectivity index (χ3n) is 4.47. The van der Waals surface area contributed by atoms with Gasteiger partial charge in [-0.2, -0.15) is 0 Å². The number of Topliss-reactive ketones (excluding diaryl/α,β-unsaturated/α-hetero) is 1. The van der Waals surface area contributed by atoms with Gasteiger partial charge in [0.2, 0.25) is 0 Å². The number of benzene rings is 1. The normalized spacial score (nSPS) is 22.5. The summed E-state index contributed by atoms with van der Waals surface area (Å²) in [7, 11) is 0. The molecule has 1 aromatic rings. The van der Waals surface area contributed by atoms with Gasteiger partial charge in [-0.15, -0.1) is 23.5 Å². The molecule has 0 saturated carbocycles. The summed E-state index contributed by atoms with van der Waals surface area (Å²) in [6, 6.07) is 7.88. The van der Waals surface area contributed by atoms with Crippen LogP contribution in [-0.4, -0.2) is 29.2 Å². The fraction of sp³-hybridized carbons (Fsp3) is 0.474. The predicted molar refractivity (Wildman–Crippen MR) is 103 cm³/mol. The third kappa shape index (κ3) is 3.29. The van der Waals surface area contributed by atoms with Crippen molar-refractivity contribution in [2.24, 2.45) is 5.41 Å². The number of hydrogen-bond acceptors (Lipinski definition) is 4. The van der Waals surface area contributed by atoms with E-state index < -0.39 is 0 Å². The molecule has 0 aromatic heterocycles. The number of carbonyl (C=O) groups is 2. The summed E-state index contributed by atoms with van der Waals surface area (Å²) in [6.45, 7) is 8.32. The van der Waals surface area contributed by atoms with Crippen molar-refractivity contribution in [3.63, 3.8) is 0 Å². The van der Waals surface area contributed by atoms with Crippen LogP contribution in [0.3, 0.4) is 0 Å². The van der Waals surface area contributed by atoms with Gasteiger partial charge in [0.15, 0.2) is 5.78 Å². The van der Waals surface area contributed by atoms with Crippen LogP contribution in [0.25, 0.3) is 0 Å². The lowest BCUT2D eigenvalue weighted by molar-refractivity contribution is -0.125. The number of nitrogens with zero attached hydrogens (tertiary/aromatic N) is 1. The van der Waals surface area contributed by atoms with Crippen LogP contribution in [0, 0.1) is 12.3 Å². The lowest BCUT2D eigenvalue weighted by Crippen LogP contribution is -2.54. The smallest absolute Gasteiger partial charge is 0.263 e. The van der Waals surface area contributed by atoms with E-state index in [4.69, 9.17) is 0 Å². The number of piperidine rings is 1. The largest absolute Gasteiger partial charge is 0.304 e. The van der Waals surface area contributed by atoms with Crippen LogP contribution in [0.1, 0.15) is 32.8 Å². The number of ketones is 1.